The Balaban J connectivity index is 2.79. The molecule has 0 unspecified atom stereocenters. The minimum absolute atomic E-state index is 0.413. The van der Waals surface area contributed by atoms with Gasteiger partial charge in [0.15, 0.2) is 0 Å². The van der Waals surface area contributed by atoms with Crippen LogP contribution in [0.4, 0.5) is 0 Å². The standard InChI is InChI=1S/C8H6BrN3O/c9-6-2-1-5-7(12-6)4(3-11-5)8(10)13/h1-3,11H,(H2,10,13). The number of carbonyl (C=O) groups is 1. The lowest BCUT2D eigenvalue weighted by molar-refractivity contribution is 0.100. The van der Waals surface area contributed by atoms with Crippen molar-refractivity contribution in [3.63, 3.8) is 0 Å². The van der Waals surface area contributed by atoms with Gasteiger partial charge in [0.25, 0.3) is 5.91 Å². The lowest BCUT2D eigenvalue weighted by atomic mass is 10.2. The van der Waals surface area contributed by atoms with E-state index in [4.69, 9.17) is 5.73 Å². The van der Waals surface area contributed by atoms with Gasteiger partial charge in [0.2, 0.25) is 0 Å². The summed E-state index contributed by atoms with van der Waals surface area (Å²) in [5, 5.41) is 0. The van der Waals surface area contributed by atoms with Gasteiger partial charge < -0.3 is 10.7 Å². The number of carbonyl (C=O) groups excluding carboxylic acids is 1. The molecule has 0 saturated carbocycles. The molecule has 2 heterocycles. The highest BCUT2D eigenvalue weighted by atomic mass is 79.9. The SMILES string of the molecule is NC(=O)c1c[nH]c2ccc(Br)nc12. The fourth-order valence-corrected chi connectivity index (χ4v) is 1.47. The Labute approximate surface area is 82.3 Å². The van der Waals surface area contributed by atoms with Gasteiger partial charge >= 0.3 is 0 Å². The van der Waals surface area contributed by atoms with Crippen LogP contribution in [0.3, 0.4) is 0 Å². The molecule has 0 radical (unpaired) electrons. The number of H-pyrrole nitrogens is 1. The molecule has 0 spiro atoms. The number of amides is 1. The molecule has 0 aliphatic carbocycles. The predicted octanol–water partition coefficient (Wildman–Crippen LogP) is 1.42. The molecule has 0 fully saturated rings. The quantitative estimate of drug-likeness (QED) is 0.740. The third-order valence-corrected chi connectivity index (χ3v) is 2.20. The van der Waals surface area contributed by atoms with E-state index in [1.807, 2.05) is 6.07 Å². The van der Waals surface area contributed by atoms with Crippen molar-refractivity contribution in [2.75, 3.05) is 0 Å². The van der Waals surface area contributed by atoms with Crippen molar-refractivity contribution >= 4 is 32.9 Å². The summed E-state index contributed by atoms with van der Waals surface area (Å²) in [5.74, 6) is -0.475. The largest absolute Gasteiger partial charge is 0.365 e. The summed E-state index contributed by atoms with van der Waals surface area (Å²) in [5.41, 5.74) is 6.98. The molecule has 2 aromatic heterocycles. The molecular weight excluding hydrogens is 234 g/mol. The first-order valence-corrected chi connectivity index (χ1v) is 4.41. The van der Waals surface area contributed by atoms with Crippen molar-refractivity contribution in [3.8, 4) is 0 Å². The van der Waals surface area contributed by atoms with Gasteiger partial charge in [-0.05, 0) is 28.1 Å². The number of hydrogen-bond donors (Lipinski definition) is 2. The molecule has 4 nitrogen and oxygen atoms in total. The Morgan fingerprint density at radius 2 is 2.31 bits per heavy atom. The second kappa shape index (κ2) is 2.85. The van der Waals surface area contributed by atoms with Gasteiger partial charge in [0, 0.05) is 6.20 Å². The molecule has 13 heavy (non-hydrogen) atoms. The number of rotatable bonds is 1. The van der Waals surface area contributed by atoms with Crippen LogP contribution in [0.25, 0.3) is 11.0 Å². The zero-order chi connectivity index (χ0) is 9.42. The van der Waals surface area contributed by atoms with Crippen molar-refractivity contribution in [1.29, 1.82) is 0 Å². The summed E-state index contributed by atoms with van der Waals surface area (Å²) in [6, 6.07) is 3.63. The van der Waals surface area contributed by atoms with E-state index < -0.39 is 5.91 Å². The molecular formula is C8H6BrN3O. The molecule has 2 rings (SSSR count). The molecule has 0 aromatic carbocycles. The average Bonchev–Trinajstić information content (AvgIpc) is 2.46. The van der Waals surface area contributed by atoms with Gasteiger partial charge in [-0.1, -0.05) is 0 Å². The molecule has 2 aromatic rings. The molecule has 1 amide bonds. The molecule has 0 atom stereocenters. The van der Waals surface area contributed by atoms with E-state index in [0.29, 0.717) is 15.7 Å². The second-order valence-corrected chi connectivity index (χ2v) is 3.41. The Bertz CT molecular complexity index is 477. The first-order chi connectivity index (χ1) is 6.18. The van der Waals surface area contributed by atoms with Gasteiger partial charge in [0.1, 0.15) is 10.1 Å². The molecule has 0 saturated heterocycles. The van der Waals surface area contributed by atoms with Crippen LogP contribution >= 0.6 is 15.9 Å². The van der Waals surface area contributed by atoms with E-state index in [-0.39, 0.29) is 0 Å². The number of aromatic amines is 1. The second-order valence-electron chi connectivity index (χ2n) is 2.60. The van der Waals surface area contributed by atoms with E-state index in [0.717, 1.165) is 5.52 Å². The van der Waals surface area contributed by atoms with Gasteiger partial charge in [0.05, 0.1) is 11.1 Å². The van der Waals surface area contributed by atoms with Crippen molar-refractivity contribution in [2.24, 2.45) is 5.73 Å². The van der Waals surface area contributed by atoms with Crippen molar-refractivity contribution in [3.05, 3.63) is 28.5 Å². The maximum absolute atomic E-state index is 10.9. The summed E-state index contributed by atoms with van der Waals surface area (Å²) in [6.07, 6.45) is 1.56. The van der Waals surface area contributed by atoms with E-state index in [1.165, 1.54) is 0 Å². The molecule has 5 heteroatoms. The zero-order valence-electron chi connectivity index (χ0n) is 6.54. The Morgan fingerprint density at radius 3 is 3.00 bits per heavy atom. The third-order valence-electron chi connectivity index (χ3n) is 1.75. The molecule has 0 aliphatic heterocycles. The summed E-state index contributed by atoms with van der Waals surface area (Å²) in [6.45, 7) is 0. The fraction of sp³-hybridized carbons (Fsp3) is 0. The van der Waals surface area contributed by atoms with Gasteiger partial charge in [-0.2, -0.15) is 0 Å². The van der Waals surface area contributed by atoms with Gasteiger partial charge in [-0.15, -0.1) is 0 Å². The number of hydrogen-bond acceptors (Lipinski definition) is 2. The minimum atomic E-state index is -0.475. The summed E-state index contributed by atoms with van der Waals surface area (Å²) >= 11 is 3.22. The normalized spacial score (nSPS) is 10.5. The number of fused-ring (bicyclic) bond motifs is 1. The highest BCUT2D eigenvalue weighted by Crippen LogP contribution is 2.18. The third kappa shape index (κ3) is 1.31. The van der Waals surface area contributed by atoms with Crippen LogP contribution in [0.1, 0.15) is 10.4 Å². The summed E-state index contributed by atoms with van der Waals surface area (Å²) in [7, 11) is 0. The van der Waals surface area contributed by atoms with Crippen molar-refractivity contribution in [2.45, 2.75) is 0 Å². The summed E-state index contributed by atoms with van der Waals surface area (Å²) < 4.78 is 0.683. The number of aromatic nitrogens is 2. The number of nitrogens with two attached hydrogens (primary N) is 1. The van der Waals surface area contributed by atoms with Crippen molar-refractivity contribution in [1.82, 2.24) is 9.97 Å². The van der Waals surface area contributed by atoms with E-state index in [2.05, 4.69) is 25.9 Å². The monoisotopic (exact) mass is 239 g/mol. The molecule has 0 bridgehead atoms. The number of halogens is 1. The highest BCUT2D eigenvalue weighted by Gasteiger charge is 2.09. The molecule has 3 N–H and O–H groups in total. The number of primary amides is 1. The van der Waals surface area contributed by atoms with Gasteiger partial charge in [-0.25, -0.2) is 4.98 Å². The van der Waals surface area contributed by atoms with Gasteiger partial charge in [-0.3, -0.25) is 4.79 Å². The highest BCUT2D eigenvalue weighted by molar-refractivity contribution is 9.10. The van der Waals surface area contributed by atoms with Crippen LogP contribution in [-0.2, 0) is 0 Å². The van der Waals surface area contributed by atoms with E-state index >= 15 is 0 Å². The summed E-state index contributed by atoms with van der Waals surface area (Å²) in [4.78, 5) is 18.0. The van der Waals surface area contributed by atoms with E-state index in [1.54, 1.807) is 12.3 Å². The van der Waals surface area contributed by atoms with Crippen LogP contribution in [-0.4, -0.2) is 15.9 Å². The van der Waals surface area contributed by atoms with Crippen LogP contribution < -0.4 is 5.73 Å². The maximum Gasteiger partial charge on any atom is 0.252 e. The van der Waals surface area contributed by atoms with Crippen LogP contribution in [0.2, 0.25) is 0 Å². The topological polar surface area (TPSA) is 71.8 Å². The average molecular weight is 240 g/mol. The Kier molecular flexibility index (Phi) is 1.81. The minimum Gasteiger partial charge on any atom is -0.365 e. The Hall–Kier alpha value is -1.36. The van der Waals surface area contributed by atoms with E-state index in [9.17, 15) is 4.79 Å². The first-order valence-electron chi connectivity index (χ1n) is 3.62. The number of nitrogens with one attached hydrogen (secondary N) is 1. The van der Waals surface area contributed by atoms with Crippen LogP contribution in [0, 0.1) is 0 Å². The molecule has 66 valence electrons. The smallest absolute Gasteiger partial charge is 0.252 e. The van der Waals surface area contributed by atoms with Crippen LogP contribution in [0.5, 0.6) is 0 Å². The first kappa shape index (κ1) is 8.25. The predicted molar refractivity (Wildman–Crippen MR) is 52.3 cm³/mol. The van der Waals surface area contributed by atoms with Crippen molar-refractivity contribution < 1.29 is 4.79 Å². The number of nitrogens with zero attached hydrogens (tertiary/aromatic N) is 1. The lowest BCUT2D eigenvalue weighted by Gasteiger charge is -1.92. The lowest BCUT2D eigenvalue weighted by Crippen LogP contribution is -2.10. The Morgan fingerprint density at radius 1 is 1.54 bits per heavy atom. The van der Waals surface area contributed by atoms with Crippen LogP contribution in [0.15, 0.2) is 22.9 Å². The zero-order valence-corrected chi connectivity index (χ0v) is 8.13. The molecule has 0 aliphatic rings. The maximum atomic E-state index is 10.9. The fourth-order valence-electron chi connectivity index (χ4n) is 1.16. The number of pyridine rings is 1.